The van der Waals surface area contributed by atoms with E-state index in [2.05, 4.69) is 20.0 Å². The van der Waals surface area contributed by atoms with Gasteiger partial charge in [-0.25, -0.2) is 0 Å². The van der Waals surface area contributed by atoms with Crippen molar-refractivity contribution in [2.45, 2.75) is 6.18 Å². The largest absolute Gasteiger partial charge is 0.471 e. The van der Waals surface area contributed by atoms with E-state index in [1.165, 1.54) is 24.3 Å². The van der Waals surface area contributed by atoms with Gasteiger partial charge in [-0.2, -0.15) is 18.2 Å². The van der Waals surface area contributed by atoms with Gasteiger partial charge in [0.15, 0.2) is 0 Å². The summed E-state index contributed by atoms with van der Waals surface area (Å²) in [6, 6.07) is 12.4. The van der Waals surface area contributed by atoms with Gasteiger partial charge in [0.2, 0.25) is 5.82 Å². The number of nitrogens with two attached hydrogens (primary N) is 1. The van der Waals surface area contributed by atoms with Crippen molar-refractivity contribution in [3.8, 4) is 11.4 Å². The van der Waals surface area contributed by atoms with Gasteiger partial charge in [-0.1, -0.05) is 17.3 Å². The third-order valence-corrected chi connectivity index (χ3v) is 3.24. The molecule has 0 atom stereocenters. The number of benzene rings is 2. The minimum Gasteiger partial charge on any atom is -0.399 e. The first-order valence-corrected chi connectivity index (χ1v) is 7.01. The highest BCUT2D eigenvalue weighted by molar-refractivity contribution is 6.04. The van der Waals surface area contributed by atoms with Crippen LogP contribution in [0.5, 0.6) is 0 Å². The number of rotatable bonds is 3. The number of nitrogens with one attached hydrogen (secondary N) is 1. The van der Waals surface area contributed by atoms with Crippen LogP contribution >= 0.6 is 0 Å². The zero-order valence-electron chi connectivity index (χ0n) is 12.5. The van der Waals surface area contributed by atoms with Gasteiger partial charge in [0.05, 0.1) is 0 Å². The molecule has 0 aliphatic carbocycles. The van der Waals surface area contributed by atoms with E-state index in [1.807, 2.05) is 0 Å². The van der Waals surface area contributed by atoms with Crippen LogP contribution in [0.1, 0.15) is 16.2 Å². The minimum absolute atomic E-state index is 0.210. The molecule has 0 unspecified atom stereocenters. The molecule has 0 spiro atoms. The lowest BCUT2D eigenvalue weighted by atomic mass is 10.1. The van der Waals surface area contributed by atoms with Gasteiger partial charge in [0.25, 0.3) is 5.91 Å². The van der Waals surface area contributed by atoms with E-state index in [-0.39, 0.29) is 11.7 Å². The fourth-order valence-electron chi connectivity index (χ4n) is 2.00. The third-order valence-electron chi connectivity index (χ3n) is 3.24. The summed E-state index contributed by atoms with van der Waals surface area (Å²) >= 11 is 0. The smallest absolute Gasteiger partial charge is 0.399 e. The van der Waals surface area contributed by atoms with Crippen LogP contribution < -0.4 is 11.1 Å². The van der Waals surface area contributed by atoms with Crippen molar-refractivity contribution < 1.29 is 22.5 Å². The number of hydrogen-bond donors (Lipinski definition) is 2. The van der Waals surface area contributed by atoms with E-state index >= 15 is 0 Å². The molecule has 3 N–H and O–H groups in total. The Morgan fingerprint density at radius 3 is 2.24 bits per heavy atom. The van der Waals surface area contributed by atoms with Crippen LogP contribution in [0.2, 0.25) is 0 Å². The molecule has 0 aliphatic rings. The van der Waals surface area contributed by atoms with E-state index in [0.717, 1.165) is 0 Å². The molecule has 0 saturated heterocycles. The first-order valence-electron chi connectivity index (χ1n) is 7.01. The number of alkyl halides is 3. The van der Waals surface area contributed by atoms with Crippen molar-refractivity contribution in [3.63, 3.8) is 0 Å². The second-order valence-electron chi connectivity index (χ2n) is 5.07. The molecule has 0 fully saturated rings. The molecule has 6 nitrogen and oxygen atoms in total. The van der Waals surface area contributed by atoms with Gasteiger partial charge >= 0.3 is 12.1 Å². The molecule has 1 amide bonds. The number of hydrogen-bond acceptors (Lipinski definition) is 5. The predicted molar refractivity (Wildman–Crippen MR) is 83.5 cm³/mol. The summed E-state index contributed by atoms with van der Waals surface area (Å²) in [5, 5.41) is 5.96. The lowest BCUT2D eigenvalue weighted by Gasteiger charge is -2.06. The Bertz CT molecular complexity index is 887. The molecule has 0 aliphatic heterocycles. The second-order valence-corrected chi connectivity index (χ2v) is 5.07. The summed E-state index contributed by atoms with van der Waals surface area (Å²) < 4.78 is 41.6. The Balaban J connectivity index is 1.74. The quantitative estimate of drug-likeness (QED) is 0.706. The zero-order chi connectivity index (χ0) is 18.0. The van der Waals surface area contributed by atoms with Crippen LogP contribution in [0.3, 0.4) is 0 Å². The van der Waals surface area contributed by atoms with Crippen LogP contribution in [0.4, 0.5) is 24.5 Å². The van der Waals surface area contributed by atoms with E-state index in [1.54, 1.807) is 24.3 Å². The SMILES string of the molecule is Nc1ccc(NC(=O)c2ccc(-c3noc(C(F)(F)F)n3)cc2)cc1. The minimum atomic E-state index is -4.70. The lowest BCUT2D eigenvalue weighted by molar-refractivity contribution is -0.159. The Kier molecular flexibility index (Phi) is 4.14. The Morgan fingerprint density at radius 2 is 1.68 bits per heavy atom. The first kappa shape index (κ1) is 16.5. The highest BCUT2D eigenvalue weighted by Gasteiger charge is 2.38. The molecule has 9 heteroatoms. The molecule has 1 aromatic heterocycles. The molecular formula is C16H11F3N4O2. The molecular weight excluding hydrogens is 337 g/mol. The number of amides is 1. The maximum absolute atomic E-state index is 12.5. The molecule has 3 rings (SSSR count). The average molecular weight is 348 g/mol. The van der Waals surface area contributed by atoms with Crippen molar-refractivity contribution >= 4 is 17.3 Å². The van der Waals surface area contributed by atoms with Gasteiger partial charge < -0.3 is 15.6 Å². The van der Waals surface area contributed by atoms with E-state index in [9.17, 15) is 18.0 Å². The maximum atomic E-state index is 12.5. The maximum Gasteiger partial charge on any atom is 0.471 e. The molecule has 0 bridgehead atoms. The number of aromatic nitrogens is 2. The van der Waals surface area contributed by atoms with Gasteiger partial charge in [0, 0.05) is 22.5 Å². The summed E-state index contributed by atoms with van der Waals surface area (Å²) in [5.74, 6) is -2.01. The van der Waals surface area contributed by atoms with Crippen molar-refractivity contribution in [2.75, 3.05) is 11.1 Å². The lowest BCUT2D eigenvalue weighted by Crippen LogP contribution is -2.11. The van der Waals surface area contributed by atoms with Gasteiger partial charge in [0.1, 0.15) is 0 Å². The number of anilines is 2. The van der Waals surface area contributed by atoms with E-state index in [0.29, 0.717) is 22.5 Å². The van der Waals surface area contributed by atoms with Crippen molar-refractivity contribution in [3.05, 3.63) is 60.0 Å². The summed E-state index contributed by atoms with van der Waals surface area (Å²) in [6.07, 6.45) is -4.70. The summed E-state index contributed by atoms with van der Waals surface area (Å²) in [5.41, 5.74) is 7.32. The normalized spacial score (nSPS) is 11.3. The summed E-state index contributed by atoms with van der Waals surface area (Å²) in [6.45, 7) is 0. The molecule has 2 aromatic carbocycles. The monoisotopic (exact) mass is 348 g/mol. The Labute approximate surface area is 139 Å². The van der Waals surface area contributed by atoms with Crippen molar-refractivity contribution in [1.29, 1.82) is 0 Å². The number of halogens is 3. The third kappa shape index (κ3) is 3.77. The number of nitrogen functional groups attached to an aromatic ring is 1. The van der Waals surface area contributed by atoms with Crippen LogP contribution in [-0.4, -0.2) is 16.0 Å². The summed E-state index contributed by atoms with van der Waals surface area (Å²) in [4.78, 5) is 15.4. The molecule has 0 saturated carbocycles. The number of carbonyl (C=O) groups is 1. The number of carbonyl (C=O) groups excluding carboxylic acids is 1. The molecule has 25 heavy (non-hydrogen) atoms. The molecule has 1 heterocycles. The standard InChI is InChI=1S/C16H11F3N4O2/c17-16(18,19)15-22-13(23-25-15)9-1-3-10(4-2-9)14(24)21-12-7-5-11(20)6-8-12/h1-8H,20H2,(H,21,24). The fraction of sp³-hybridized carbons (Fsp3) is 0.0625. The van der Waals surface area contributed by atoms with E-state index in [4.69, 9.17) is 5.73 Å². The van der Waals surface area contributed by atoms with Gasteiger partial charge in [-0.15, -0.1) is 0 Å². The second kappa shape index (κ2) is 6.27. The predicted octanol–water partition coefficient (Wildman–Crippen LogP) is 3.59. The van der Waals surface area contributed by atoms with Crippen LogP contribution in [0, 0.1) is 0 Å². The Hall–Kier alpha value is -3.36. The van der Waals surface area contributed by atoms with Crippen molar-refractivity contribution in [1.82, 2.24) is 10.1 Å². The summed E-state index contributed by atoms with van der Waals surface area (Å²) in [7, 11) is 0. The van der Waals surface area contributed by atoms with Crippen LogP contribution in [0.15, 0.2) is 53.1 Å². The topological polar surface area (TPSA) is 94.0 Å². The van der Waals surface area contributed by atoms with E-state index < -0.39 is 12.1 Å². The van der Waals surface area contributed by atoms with Gasteiger partial charge in [-0.3, -0.25) is 4.79 Å². The molecule has 0 radical (unpaired) electrons. The number of nitrogens with zero attached hydrogens (tertiary/aromatic N) is 2. The van der Waals surface area contributed by atoms with Crippen LogP contribution in [-0.2, 0) is 6.18 Å². The van der Waals surface area contributed by atoms with Crippen molar-refractivity contribution in [2.24, 2.45) is 0 Å². The zero-order valence-corrected chi connectivity index (χ0v) is 12.5. The first-order chi connectivity index (χ1) is 11.8. The highest BCUT2D eigenvalue weighted by atomic mass is 19.4. The van der Waals surface area contributed by atoms with Crippen LogP contribution in [0.25, 0.3) is 11.4 Å². The molecule has 128 valence electrons. The fourth-order valence-corrected chi connectivity index (χ4v) is 2.00. The Morgan fingerprint density at radius 1 is 1.04 bits per heavy atom. The molecule has 3 aromatic rings. The van der Waals surface area contributed by atoms with Gasteiger partial charge in [-0.05, 0) is 36.4 Å². The average Bonchev–Trinajstić information content (AvgIpc) is 3.07. The highest BCUT2D eigenvalue weighted by Crippen LogP contribution is 2.29.